The Hall–Kier alpha value is -1.36. The highest BCUT2D eigenvalue weighted by molar-refractivity contribution is 6.01. The predicted octanol–water partition coefficient (Wildman–Crippen LogP) is 2.25. The molecule has 0 bridgehead atoms. The molecule has 0 aliphatic rings. The number of ether oxygens (including phenoxy) is 1. The quantitative estimate of drug-likeness (QED) is 0.733. The van der Waals surface area contributed by atoms with Gasteiger partial charge in [-0.1, -0.05) is 20.8 Å². The zero-order valence-corrected chi connectivity index (χ0v) is 12.4. The van der Waals surface area contributed by atoms with E-state index in [1.54, 1.807) is 18.0 Å². The highest BCUT2D eigenvalue weighted by Crippen LogP contribution is 2.33. The van der Waals surface area contributed by atoms with Gasteiger partial charge in [0, 0.05) is 18.5 Å². The Morgan fingerprint density at radius 1 is 1.42 bits per heavy atom. The third-order valence-electron chi connectivity index (χ3n) is 3.90. The van der Waals surface area contributed by atoms with Crippen LogP contribution in [0.25, 0.3) is 0 Å². The Balaban J connectivity index is 3.26. The van der Waals surface area contributed by atoms with E-state index >= 15 is 0 Å². The summed E-state index contributed by atoms with van der Waals surface area (Å²) < 4.78 is 7.01. The molecule has 0 radical (unpaired) electrons. The molecular weight excluding hydrogens is 242 g/mol. The lowest BCUT2D eigenvalue weighted by atomic mass is 9.77. The molecule has 108 valence electrons. The second kappa shape index (κ2) is 6.70. The van der Waals surface area contributed by atoms with E-state index < -0.39 is 5.41 Å². The van der Waals surface area contributed by atoms with Gasteiger partial charge < -0.3 is 10.5 Å². The summed E-state index contributed by atoms with van der Waals surface area (Å²) in [5.41, 5.74) is 5.90. The first-order chi connectivity index (χ1) is 9.10. The molecule has 0 saturated carbocycles. The van der Waals surface area contributed by atoms with Gasteiger partial charge in [-0.3, -0.25) is 9.48 Å². The predicted molar refractivity (Wildman–Crippen MR) is 75.5 cm³/mol. The molecule has 0 unspecified atom stereocenters. The zero-order valence-electron chi connectivity index (χ0n) is 12.4. The third kappa shape index (κ3) is 2.81. The number of aryl methyl sites for hydroxylation is 1. The molecule has 19 heavy (non-hydrogen) atoms. The van der Waals surface area contributed by atoms with Crippen LogP contribution in [0.3, 0.4) is 0 Å². The molecule has 5 heteroatoms. The maximum absolute atomic E-state index is 12.9. The Bertz CT molecular complexity index is 414. The van der Waals surface area contributed by atoms with Crippen LogP contribution >= 0.6 is 0 Å². The van der Waals surface area contributed by atoms with Gasteiger partial charge in [0.05, 0.1) is 13.3 Å². The van der Waals surface area contributed by atoms with E-state index in [0.29, 0.717) is 24.5 Å². The second-order valence-corrected chi connectivity index (χ2v) is 4.81. The number of hydrogen-bond donors (Lipinski definition) is 1. The summed E-state index contributed by atoms with van der Waals surface area (Å²) in [4.78, 5) is 12.9. The van der Waals surface area contributed by atoms with Crippen molar-refractivity contribution in [1.29, 1.82) is 0 Å². The summed E-state index contributed by atoms with van der Waals surface area (Å²) in [7, 11) is 1.56. The van der Waals surface area contributed by atoms with Gasteiger partial charge >= 0.3 is 0 Å². The largest absolute Gasteiger partial charge is 0.493 e. The molecule has 1 aromatic heterocycles. The van der Waals surface area contributed by atoms with E-state index in [9.17, 15) is 4.79 Å². The lowest BCUT2D eigenvalue weighted by Crippen LogP contribution is -2.39. The number of hydrogen-bond acceptors (Lipinski definition) is 4. The lowest BCUT2D eigenvalue weighted by molar-refractivity contribution is 0.0771. The second-order valence-electron chi connectivity index (χ2n) is 4.81. The molecule has 0 aromatic carbocycles. The van der Waals surface area contributed by atoms with Gasteiger partial charge in [-0.05, 0) is 19.3 Å². The normalized spacial score (nSPS) is 11.6. The van der Waals surface area contributed by atoms with Crippen molar-refractivity contribution in [1.82, 2.24) is 9.78 Å². The number of aromatic nitrogens is 2. The van der Waals surface area contributed by atoms with Gasteiger partial charge in [0.15, 0.2) is 11.5 Å². The lowest BCUT2D eigenvalue weighted by Gasteiger charge is -2.28. The third-order valence-corrected chi connectivity index (χ3v) is 3.90. The Labute approximate surface area is 115 Å². The average Bonchev–Trinajstić information content (AvgIpc) is 2.84. The van der Waals surface area contributed by atoms with Gasteiger partial charge in [-0.25, -0.2) is 0 Å². The number of ketones is 1. The molecule has 1 aromatic rings. The fourth-order valence-electron chi connectivity index (χ4n) is 2.33. The van der Waals surface area contributed by atoms with Crippen molar-refractivity contribution in [2.24, 2.45) is 11.1 Å². The summed E-state index contributed by atoms with van der Waals surface area (Å²) in [5, 5.41) is 4.24. The minimum Gasteiger partial charge on any atom is -0.493 e. The van der Waals surface area contributed by atoms with Gasteiger partial charge in [0.1, 0.15) is 5.69 Å². The maximum atomic E-state index is 12.9. The van der Waals surface area contributed by atoms with Gasteiger partial charge in [-0.15, -0.1) is 0 Å². The zero-order chi connectivity index (χ0) is 14.5. The van der Waals surface area contributed by atoms with E-state index in [2.05, 4.69) is 12.0 Å². The smallest absolute Gasteiger partial charge is 0.192 e. The van der Waals surface area contributed by atoms with E-state index in [0.717, 1.165) is 19.3 Å². The summed E-state index contributed by atoms with van der Waals surface area (Å²) in [6, 6.07) is 0. The molecule has 1 rings (SSSR count). The number of rotatable bonds is 8. The van der Waals surface area contributed by atoms with E-state index in [-0.39, 0.29) is 5.78 Å². The molecule has 1 heterocycles. The molecule has 0 amide bonds. The van der Waals surface area contributed by atoms with Crippen LogP contribution in [0, 0.1) is 5.41 Å². The maximum Gasteiger partial charge on any atom is 0.192 e. The van der Waals surface area contributed by atoms with Crippen LogP contribution in [0.2, 0.25) is 0 Å². The summed E-state index contributed by atoms with van der Waals surface area (Å²) in [6.07, 6.45) is 3.97. The molecule has 0 atom stereocenters. The minimum atomic E-state index is -0.515. The number of carbonyl (C=O) groups excluding carboxylic acids is 1. The molecule has 0 saturated heterocycles. The first-order valence-corrected chi connectivity index (χ1v) is 6.94. The van der Waals surface area contributed by atoms with Gasteiger partial charge in [0.25, 0.3) is 0 Å². The molecule has 0 spiro atoms. The van der Waals surface area contributed by atoms with E-state index in [1.807, 2.05) is 13.8 Å². The Kier molecular flexibility index (Phi) is 5.54. The van der Waals surface area contributed by atoms with Crippen molar-refractivity contribution in [3.05, 3.63) is 11.9 Å². The number of Topliss-reactive ketones (excluding diaryl/α,β-unsaturated/α-hetero) is 1. The van der Waals surface area contributed by atoms with Crippen LogP contribution in [-0.2, 0) is 6.54 Å². The van der Waals surface area contributed by atoms with Crippen molar-refractivity contribution in [2.45, 2.75) is 46.6 Å². The highest BCUT2D eigenvalue weighted by atomic mass is 16.5. The van der Waals surface area contributed by atoms with E-state index in [1.165, 1.54) is 0 Å². The van der Waals surface area contributed by atoms with Crippen molar-refractivity contribution in [3.8, 4) is 5.75 Å². The minimum absolute atomic E-state index is 0.0443. The summed E-state index contributed by atoms with van der Waals surface area (Å²) >= 11 is 0. The molecule has 5 nitrogen and oxygen atoms in total. The Morgan fingerprint density at radius 3 is 2.47 bits per heavy atom. The monoisotopic (exact) mass is 267 g/mol. The first kappa shape index (κ1) is 15.7. The summed E-state index contributed by atoms with van der Waals surface area (Å²) in [6.45, 7) is 7.11. The van der Waals surface area contributed by atoms with Gasteiger partial charge in [-0.2, -0.15) is 5.10 Å². The molecule has 0 aliphatic heterocycles. The average molecular weight is 267 g/mol. The number of carbonyl (C=O) groups is 1. The summed E-state index contributed by atoms with van der Waals surface area (Å²) in [5.74, 6) is 0.584. The fraction of sp³-hybridized carbons (Fsp3) is 0.714. The fourth-order valence-corrected chi connectivity index (χ4v) is 2.33. The standard InChI is InChI=1S/C14H25N3O2/c1-5-8-17-12(11(19-4)9-16-17)13(18)14(6-2,7-3)10-15/h9H,5-8,10,15H2,1-4H3. The molecular formula is C14H25N3O2. The van der Waals surface area contributed by atoms with Crippen LogP contribution < -0.4 is 10.5 Å². The molecule has 2 N–H and O–H groups in total. The Morgan fingerprint density at radius 2 is 2.05 bits per heavy atom. The van der Waals surface area contributed by atoms with Crippen LogP contribution in [-0.4, -0.2) is 29.2 Å². The van der Waals surface area contributed by atoms with Crippen LogP contribution in [0.15, 0.2) is 6.20 Å². The van der Waals surface area contributed by atoms with Crippen molar-refractivity contribution < 1.29 is 9.53 Å². The van der Waals surface area contributed by atoms with Crippen molar-refractivity contribution in [3.63, 3.8) is 0 Å². The topological polar surface area (TPSA) is 70.1 Å². The van der Waals surface area contributed by atoms with Crippen LogP contribution in [0.5, 0.6) is 5.75 Å². The number of methoxy groups -OCH3 is 1. The van der Waals surface area contributed by atoms with E-state index in [4.69, 9.17) is 10.5 Å². The molecule has 0 fully saturated rings. The number of nitrogens with zero attached hydrogens (tertiary/aromatic N) is 2. The SMILES string of the molecule is CCCn1ncc(OC)c1C(=O)C(CC)(CC)CN. The molecule has 0 aliphatic carbocycles. The van der Waals surface area contributed by atoms with Gasteiger partial charge in [0.2, 0.25) is 0 Å². The van der Waals surface area contributed by atoms with Crippen molar-refractivity contribution >= 4 is 5.78 Å². The van der Waals surface area contributed by atoms with Crippen LogP contribution in [0.1, 0.15) is 50.5 Å². The van der Waals surface area contributed by atoms with Crippen molar-refractivity contribution in [2.75, 3.05) is 13.7 Å². The number of nitrogens with two attached hydrogens (primary N) is 1. The first-order valence-electron chi connectivity index (χ1n) is 6.94. The van der Waals surface area contributed by atoms with Crippen LogP contribution in [0.4, 0.5) is 0 Å². The highest BCUT2D eigenvalue weighted by Gasteiger charge is 2.37.